The zero-order valence-electron chi connectivity index (χ0n) is 23.3. The van der Waals surface area contributed by atoms with Crippen molar-refractivity contribution >= 4 is 23.8 Å². The van der Waals surface area contributed by atoms with Crippen LogP contribution in [0.3, 0.4) is 0 Å². The van der Waals surface area contributed by atoms with Crippen LogP contribution >= 0.6 is 0 Å². The second-order valence-electron chi connectivity index (χ2n) is 12.2. The van der Waals surface area contributed by atoms with Gasteiger partial charge in [-0.2, -0.15) is 0 Å². The lowest BCUT2D eigenvalue weighted by molar-refractivity contribution is -0.141. The Morgan fingerprint density at radius 3 is 2.30 bits per heavy atom. The Morgan fingerprint density at radius 1 is 1.00 bits per heavy atom. The van der Waals surface area contributed by atoms with E-state index in [2.05, 4.69) is 22.9 Å². The minimum absolute atomic E-state index is 0.115. The molecule has 2 aliphatic carbocycles. The number of hydrogen-bond acceptors (Lipinski definition) is 5. The molecule has 9 nitrogen and oxygen atoms in total. The van der Waals surface area contributed by atoms with E-state index in [-0.39, 0.29) is 17.7 Å². The largest absolute Gasteiger partial charge is 0.444 e. The zero-order chi connectivity index (χ0) is 27.1. The van der Waals surface area contributed by atoms with E-state index in [1.165, 1.54) is 19.3 Å². The second-order valence-corrected chi connectivity index (χ2v) is 12.2. The predicted molar refractivity (Wildman–Crippen MR) is 142 cm³/mol. The first-order valence-electron chi connectivity index (χ1n) is 14.4. The number of likely N-dealkylation sites (tertiary alicyclic amines) is 1. The Kier molecular flexibility index (Phi) is 10.2. The van der Waals surface area contributed by atoms with Crippen LogP contribution in [0.1, 0.15) is 111 Å². The van der Waals surface area contributed by atoms with E-state index in [1.54, 1.807) is 25.7 Å². The summed E-state index contributed by atoms with van der Waals surface area (Å²) in [6.45, 7) is 8.65. The molecular formula is C28H48N4O5. The van der Waals surface area contributed by atoms with Crippen molar-refractivity contribution in [2.24, 2.45) is 5.92 Å². The first kappa shape index (κ1) is 29.2. The van der Waals surface area contributed by atoms with Crippen LogP contribution in [0.5, 0.6) is 0 Å². The van der Waals surface area contributed by atoms with Crippen molar-refractivity contribution < 1.29 is 23.9 Å². The molecule has 0 spiro atoms. The molecule has 210 valence electrons. The number of alkyl carbamates (subject to hydrolysis) is 1. The van der Waals surface area contributed by atoms with Crippen LogP contribution in [0.2, 0.25) is 0 Å². The summed E-state index contributed by atoms with van der Waals surface area (Å²) >= 11 is 0. The monoisotopic (exact) mass is 520 g/mol. The van der Waals surface area contributed by atoms with Gasteiger partial charge in [0.25, 0.3) is 0 Å². The second kappa shape index (κ2) is 13.0. The molecule has 0 radical (unpaired) electrons. The third kappa shape index (κ3) is 9.18. The van der Waals surface area contributed by atoms with Gasteiger partial charge >= 0.3 is 6.09 Å². The van der Waals surface area contributed by atoms with Gasteiger partial charge in [0, 0.05) is 13.1 Å². The topological polar surface area (TPSA) is 117 Å². The minimum Gasteiger partial charge on any atom is -0.444 e. The summed E-state index contributed by atoms with van der Waals surface area (Å²) in [6.07, 6.45) is 11.1. The van der Waals surface area contributed by atoms with Crippen LogP contribution in [0.4, 0.5) is 4.79 Å². The van der Waals surface area contributed by atoms with Gasteiger partial charge in [-0.1, -0.05) is 45.4 Å². The van der Waals surface area contributed by atoms with Gasteiger partial charge < -0.3 is 25.6 Å². The lowest BCUT2D eigenvalue weighted by Crippen LogP contribution is -2.57. The summed E-state index contributed by atoms with van der Waals surface area (Å²) in [4.78, 5) is 53.7. The molecular weight excluding hydrogens is 472 g/mol. The van der Waals surface area contributed by atoms with Gasteiger partial charge in [-0.15, -0.1) is 0 Å². The summed E-state index contributed by atoms with van der Waals surface area (Å²) in [5.74, 6) is -0.0729. The van der Waals surface area contributed by atoms with Crippen molar-refractivity contribution in [2.45, 2.75) is 134 Å². The number of nitrogens with one attached hydrogen (secondary N) is 3. The maximum atomic E-state index is 13.6. The van der Waals surface area contributed by atoms with Gasteiger partial charge in [-0.3, -0.25) is 14.4 Å². The Bertz CT molecular complexity index is 816. The summed E-state index contributed by atoms with van der Waals surface area (Å²) < 4.78 is 5.41. The molecule has 2 atom stereocenters. The van der Waals surface area contributed by atoms with Crippen molar-refractivity contribution in [3.8, 4) is 0 Å². The van der Waals surface area contributed by atoms with Crippen LogP contribution in [0.15, 0.2) is 0 Å². The number of rotatable bonds is 14. The van der Waals surface area contributed by atoms with Crippen molar-refractivity contribution in [3.63, 3.8) is 0 Å². The van der Waals surface area contributed by atoms with E-state index >= 15 is 0 Å². The Hall–Kier alpha value is -2.32. The van der Waals surface area contributed by atoms with Gasteiger partial charge in [-0.25, -0.2) is 4.79 Å². The molecule has 0 bridgehead atoms. The van der Waals surface area contributed by atoms with E-state index in [9.17, 15) is 19.2 Å². The van der Waals surface area contributed by atoms with E-state index in [1.807, 2.05) is 0 Å². The number of ether oxygens (including phenoxy) is 1. The molecule has 2 saturated carbocycles. The number of carbonyl (C=O) groups is 4. The highest BCUT2D eigenvalue weighted by Gasteiger charge is 2.53. The van der Waals surface area contributed by atoms with Crippen LogP contribution in [0, 0.1) is 5.92 Å². The van der Waals surface area contributed by atoms with Crippen LogP contribution < -0.4 is 16.0 Å². The van der Waals surface area contributed by atoms with Gasteiger partial charge in [0.15, 0.2) is 0 Å². The predicted octanol–water partition coefficient (Wildman–Crippen LogP) is 3.80. The Labute approximate surface area is 222 Å². The molecule has 1 saturated heterocycles. The quantitative estimate of drug-likeness (QED) is 0.301. The molecule has 37 heavy (non-hydrogen) atoms. The van der Waals surface area contributed by atoms with Gasteiger partial charge in [0.1, 0.15) is 23.2 Å². The number of nitrogens with zero attached hydrogens (tertiary/aromatic N) is 1. The van der Waals surface area contributed by atoms with Gasteiger partial charge in [0.05, 0.1) is 0 Å². The van der Waals surface area contributed by atoms with E-state index in [4.69, 9.17) is 4.74 Å². The van der Waals surface area contributed by atoms with E-state index in [0.717, 1.165) is 32.1 Å². The van der Waals surface area contributed by atoms with Crippen LogP contribution in [-0.4, -0.2) is 65.0 Å². The smallest absolute Gasteiger partial charge is 0.408 e. The van der Waals surface area contributed by atoms with Gasteiger partial charge in [-0.05, 0) is 71.6 Å². The molecule has 3 fully saturated rings. The lowest BCUT2D eigenvalue weighted by Gasteiger charge is -2.30. The Balaban J connectivity index is 1.59. The molecule has 9 heteroatoms. The number of hydrogen-bond donors (Lipinski definition) is 3. The molecule has 1 heterocycles. The SMILES string of the molecule is CCCCCCCC[C@H](NC(=O)OC(C)(C)C)C(=O)N1CCC[C@H]1C(=O)NC1(C(=O)NCC2CC2)CC1. The highest BCUT2D eigenvalue weighted by Crippen LogP contribution is 2.37. The maximum absolute atomic E-state index is 13.6. The van der Waals surface area contributed by atoms with Crippen molar-refractivity contribution in [1.82, 2.24) is 20.9 Å². The zero-order valence-corrected chi connectivity index (χ0v) is 23.3. The lowest BCUT2D eigenvalue weighted by atomic mass is 10.0. The number of carbonyl (C=O) groups excluding carboxylic acids is 4. The van der Waals surface area contributed by atoms with Crippen LogP contribution in [0.25, 0.3) is 0 Å². The highest BCUT2D eigenvalue weighted by atomic mass is 16.6. The molecule has 3 rings (SSSR count). The standard InChI is InChI=1S/C28H48N4O5/c1-5-6-7-8-9-10-12-21(30-26(36)37-27(2,3)4)24(34)32-18-11-13-22(32)23(33)31-28(16-17-28)25(35)29-19-20-14-15-20/h20-22H,5-19H2,1-4H3,(H,29,35)(H,30,36)(H,31,33)/t21-,22-/m0/s1. The van der Waals surface area contributed by atoms with E-state index in [0.29, 0.717) is 51.1 Å². The third-order valence-electron chi connectivity index (χ3n) is 7.47. The van der Waals surface area contributed by atoms with Gasteiger partial charge in [0.2, 0.25) is 17.7 Å². The van der Waals surface area contributed by atoms with E-state index < -0.39 is 29.3 Å². The van der Waals surface area contributed by atoms with Crippen molar-refractivity contribution in [1.29, 1.82) is 0 Å². The fourth-order valence-electron chi connectivity index (χ4n) is 4.92. The first-order valence-corrected chi connectivity index (χ1v) is 14.4. The summed E-state index contributed by atoms with van der Waals surface area (Å²) in [5.41, 5.74) is -1.51. The van der Waals surface area contributed by atoms with Crippen molar-refractivity contribution in [3.05, 3.63) is 0 Å². The highest BCUT2D eigenvalue weighted by molar-refractivity contribution is 5.97. The number of amides is 4. The fourth-order valence-corrected chi connectivity index (χ4v) is 4.92. The first-order chi connectivity index (χ1) is 17.5. The number of unbranched alkanes of at least 4 members (excludes halogenated alkanes) is 5. The molecule has 0 unspecified atom stereocenters. The molecule has 0 aromatic heterocycles. The molecule has 3 N–H and O–H groups in total. The normalized spacial score (nSPS) is 21.2. The summed E-state index contributed by atoms with van der Waals surface area (Å²) in [7, 11) is 0. The molecule has 1 aliphatic heterocycles. The minimum atomic E-state index is -0.837. The average Bonchev–Trinajstić information content (AvgIpc) is 3.75. The molecule has 0 aromatic carbocycles. The summed E-state index contributed by atoms with van der Waals surface area (Å²) in [5, 5.41) is 8.72. The summed E-state index contributed by atoms with van der Waals surface area (Å²) in [6, 6.07) is -1.38. The molecule has 3 aliphatic rings. The molecule has 4 amide bonds. The third-order valence-corrected chi connectivity index (χ3v) is 7.47. The van der Waals surface area contributed by atoms with Crippen molar-refractivity contribution in [2.75, 3.05) is 13.1 Å². The fraction of sp³-hybridized carbons (Fsp3) is 0.857. The maximum Gasteiger partial charge on any atom is 0.408 e. The molecule has 0 aromatic rings. The Morgan fingerprint density at radius 2 is 1.68 bits per heavy atom. The average molecular weight is 521 g/mol. The van der Waals surface area contributed by atoms with Crippen LogP contribution in [-0.2, 0) is 19.1 Å².